The first-order valence-corrected chi connectivity index (χ1v) is 6.78. The Bertz CT molecular complexity index is 624. The van der Waals surface area contributed by atoms with Gasteiger partial charge in [0.15, 0.2) is 0 Å². The van der Waals surface area contributed by atoms with Gasteiger partial charge in [0, 0.05) is 12.6 Å². The Kier molecular flexibility index (Phi) is 4.71. The summed E-state index contributed by atoms with van der Waals surface area (Å²) >= 11 is 1.47. The average Bonchev–Trinajstić information content (AvgIpc) is 3.14. The van der Waals surface area contributed by atoms with Gasteiger partial charge in [-0.1, -0.05) is 0 Å². The number of furan rings is 1. The fourth-order valence-corrected chi connectivity index (χ4v) is 2.24. The Morgan fingerprint density at radius 3 is 3.05 bits per heavy atom. The molecule has 1 unspecified atom stereocenters. The van der Waals surface area contributed by atoms with Crippen molar-refractivity contribution in [3.8, 4) is 6.07 Å². The molecule has 20 heavy (non-hydrogen) atoms. The van der Waals surface area contributed by atoms with Gasteiger partial charge in [0.05, 0.1) is 12.4 Å². The van der Waals surface area contributed by atoms with Crippen molar-refractivity contribution in [1.29, 1.82) is 5.26 Å². The van der Waals surface area contributed by atoms with Crippen LogP contribution in [0.3, 0.4) is 0 Å². The number of aliphatic hydroxyl groups excluding tert-OH is 1. The zero-order valence-corrected chi connectivity index (χ0v) is 11.3. The van der Waals surface area contributed by atoms with Crippen LogP contribution in [0.5, 0.6) is 0 Å². The standard InChI is InChI=1S/C14H12N2O3S/c15-7-11(6-12-2-1-4-19-12)14(18)16-8-13(17)10-3-5-20-9-10/h1-6,9,13,17H,8H2,(H,16,18)/b11-6+. The summed E-state index contributed by atoms with van der Waals surface area (Å²) in [6.07, 6.45) is 2.03. The number of carbonyl (C=O) groups excluding carboxylic acids is 1. The summed E-state index contributed by atoms with van der Waals surface area (Å²) in [6.45, 7) is 0.0484. The first-order chi connectivity index (χ1) is 9.70. The first kappa shape index (κ1) is 14.1. The van der Waals surface area contributed by atoms with Gasteiger partial charge >= 0.3 is 0 Å². The van der Waals surface area contributed by atoms with Gasteiger partial charge in [-0.15, -0.1) is 0 Å². The minimum absolute atomic E-state index is 0.0484. The van der Waals surface area contributed by atoms with E-state index >= 15 is 0 Å². The van der Waals surface area contributed by atoms with Crippen molar-refractivity contribution < 1.29 is 14.3 Å². The van der Waals surface area contributed by atoms with Gasteiger partial charge in [0.25, 0.3) is 5.91 Å². The molecule has 102 valence electrons. The molecule has 0 bridgehead atoms. The molecule has 1 amide bonds. The topological polar surface area (TPSA) is 86.3 Å². The van der Waals surface area contributed by atoms with Crippen molar-refractivity contribution in [3.05, 3.63) is 52.1 Å². The third kappa shape index (κ3) is 3.57. The van der Waals surface area contributed by atoms with Gasteiger partial charge in [0.2, 0.25) is 0 Å². The SMILES string of the molecule is N#C/C(=C\c1ccco1)C(=O)NCC(O)c1ccsc1. The summed E-state index contributed by atoms with van der Waals surface area (Å²) in [7, 11) is 0. The van der Waals surface area contributed by atoms with Crippen LogP contribution in [0.2, 0.25) is 0 Å². The molecule has 0 aromatic carbocycles. The summed E-state index contributed by atoms with van der Waals surface area (Å²) in [5, 5.41) is 25.0. The molecule has 0 radical (unpaired) electrons. The number of carbonyl (C=O) groups is 1. The van der Waals surface area contributed by atoms with Crippen LogP contribution in [0, 0.1) is 11.3 Å². The van der Waals surface area contributed by atoms with Crippen LogP contribution in [0.15, 0.2) is 45.2 Å². The number of aliphatic hydroxyl groups is 1. The predicted octanol–water partition coefficient (Wildman–Crippen LogP) is 2.10. The maximum atomic E-state index is 11.8. The van der Waals surface area contributed by atoms with Crippen molar-refractivity contribution in [2.75, 3.05) is 6.54 Å². The lowest BCUT2D eigenvalue weighted by atomic mass is 10.2. The number of hydrogen-bond donors (Lipinski definition) is 2. The lowest BCUT2D eigenvalue weighted by molar-refractivity contribution is -0.117. The van der Waals surface area contributed by atoms with Crippen LogP contribution < -0.4 is 5.32 Å². The second-order valence-corrected chi connectivity index (χ2v) is 4.75. The minimum Gasteiger partial charge on any atom is -0.465 e. The number of hydrogen-bond acceptors (Lipinski definition) is 5. The van der Waals surface area contributed by atoms with Crippen LogP contribution >= 0.6 is 11.3 Å². The van der Waals surface area contributed by atoms with Crippen molar-refractivity contribution in [3.63, 3.8) is 0 Å². The normalized spacial score (nSPS) is 12.7. The molecule has 6 heteroatoms. The number of nitriles is 1. The zero-order valence-electron chi connectivity index (χ0n) is 10.4. The molecule has 2 aromatic heterocycles. The van der Waals surface area contributed by atoms with Crippen LogP contribution in [0.4, 0.5) is 0 Å². The lowest BCUT2D eigenvalue weighted by Crippen LogP contribution is -2.29. The third-order valence-corrected chi connectivity index (χ3v) is 3.28. The molecule has 0 aliphatic rings. The molecule has 0 saturated carbocycles. The maximum Gasteiger partial charge on any atom is 0.262 e. The fraction of sp³-hybridized carbons (Fsp3) is 0.143. The molecule has 2 rings (SSSR count). The molecule has 2 aromatic rings. The van der Waals surface area contributed by atoms with E-state index in [1.807, 2.05) is 11.4 Å². The maximum absolute atomic E-state index is 11.8. The third-order valence-electron chi connectivity index (χ3n) is 2.58. The van der Waals surface area contributed by atoms with Gasteiger partial charge in [-0.05, 0) is 34.5 Å². The average molecular weight is 288 g/mol. The number of nitrogens with zero attached hydrogens (tertiary/aromatic N) is 1. The lowest BCUT2D eigenvalue weighted by Gasteiger charge is -2.09. The summed E-state index contributed by atoms with van der Waals surface area (Å²) < 4.78 is 5.04. The number of rotatable bonds is 5. The van der Waals surface area contributed by atoms with Crippen LogP contribution in [0.1, 0.15) is 17.4 Å². The van der Waals surface area contributed by atoms with E-state index in [1.54, 1.807) is 23.6 Å². The summed E-state index contributed by atoms with van der Waals surface area (Å²) in [4.78, 5) is 11.8. The van der Waals surface area contributed by atoms with Gasteiger partial charge in [-0.25, -0.2) is 0 Å². The van der Waals surface area contributed by atoms with Gasteiger partial charge in [-0.2, -0.15) is 16.6 Å². The van der Waals surface area contributed by atoms with Crippen molar-refractivity contribution in [2.45, 2.75) is 6.10 Å². The van der Waals surface area contributed by atoms with Gasteiger partial charge in [0.1, 0.15) is 17.4 Å². The predicted molar refractivity (Wildman–Crippen MR) is 74.6 cm³/mol. The quantitative estimate of drug-likeness (QED) is 0.651. The molecule has 2 heterocycles. The second-order valence-electron chi connectivity index (χ2n) is 3.97. The summed E-state index contributed by atoms with van der Waals surface area (Å²) in [5.41, 5.74) is 0.668. The van der Waals surface area contributed by atoms with E-state index in [1.165, 1.54) is 23.7 Å². The Labute approximate surface area is 119 Å². The minimum atomic E-state index is -0.784. The molecule has 0 aliphatic heterocycles. The van der Waals surface area contributed by atoms with E-state index in [-0.39, 0.29) is 12.1 Å². The number of thiophene rings is 1. The van der Waals surface area contributed by atoms with E-state index in [0.29, 0.717) is 5.76 Å². The van der Waals surface area contributed by atoms with Crippen molar-refractivity contribution in [2.24, 2.45) is 0 Å². The van der Waals surface area contributed by atoms with E-state index in [0.717, 1.165) is 5.56 Å². The molecular formula is C14H12N2O3S. The first-order valence-electron chi connectivity index (χ1n) is 5.84. The Morgan fingerprint density at radius 2 is 2.45 bits per heavy atom. The van der Waals surface area contributed by atoms with Crippen LogP contribution in [0.25, 0.3) is 6.08 Å². The largest absolute Gasteiger partial charge is 0.465 e. The number of amides is 1. The smallest absolute Gasteiger partial charge is 0.262 e. The molecule has 1 atom stereocenters. The molecule has 0 fully saturated rings. The van der Waals surface area contributed by atoms with E-state index < -0.39 is 12.0 Å². The van der Waals surface area contributed by atoms with Crippen molar-refractivity contribution >= 4 is 23.3 Å². The molecule has 0 saturated heterocycles. The van der Waals surface area contributed by atoms with Gasteiger partial charge < -0.3 is 14.8 Å². The molecule has 2 N–H and O–H groups in total. The number of nitrogens with one attached hydrogen (secondary N) is 1. The highest BCUT2D eigenvalue weighted by atomic mass is 32.1. The Hall–Kier alpha value is -2.36. The van der Waals surface area contributed by atoms with Crippen molar-refractivity contribution in [1.82, 2.24) is 5.32 Å². The monoisotopic (exact) mass is 288 g/mol. The van der Waals surface area contributed by atoms with E-state index in [9.17, 15) is 9.90 Å². The highest BCUT2D eigenvalue weighted by Crippen LogP contribution is 2.15. The fourth-order valence-electron chi connectivity index (χ4n) is 1.53. The Morgan fingerprint density at radius 1 is 1.60 bits per heavy atom. The Balaban J connectivity index is 1.95. The van der Waals surface area contributed by atoms with Gasteiger partial charge in [-0.3, -0.25) is 4.79 Å². The van der Waals surface area contributed by atoms with E-state index in [4.69, 9.17) is 9.68 Å². The summed E-state index contributed by atoms with van der Waals surface area (Å²) in [6, 6.07) is 6.90. The molecular weight excluding hydrogens is 276 g/mol. The second kappa shape index (κ2) is 6.70. The van der Waals surface area contributed by atoms with Crippen LogP contribution in [-0.2, 0) is 4.79 Å². The summed E-state index contributed by atoms with van der Waals surface area (Å²) in [5.74, 6) is -0.117. The van der Waals surface area contributed by atoms with Crippen LogP contribution in [-0.4, -0.2) is 17.6 Å². The molecule has 0 aliphatic carbocycles. The highest BCUT2D eigenvalue weighted by molar-refractivity contribution is 7.07. The molecule has 5 nitrogen and oxygen atoms in total. The highest BCUT2D eigenvalue weighted by Gasteiger charge is 2.13. The van der Waals surface area contributed by atoms with E-state index in [2.05, 4.69) is 5.32 Å². The zero-order chi connectivity index (χ0) is 14.4. The molecule has 0 spiro atoms.